The molecule has 3 amide bonds. The highest BCUT2D eigenvalue weighted by molar-refractivity contribution is 14.0. The molecule has 0 aliphatic carbocycles. The van der Waals surface area contributed by atoms with E-state index in [-0.39, 0.29) is 42.5 Å². The van der Waals surface area contributed by atoms with Crippen LogP contribution in [0.3, 0.4) is 0 Å². The molecule has 24 heavy (non-hydrogen) atoms. The van der Waals surface area contributed by atoms with Crippen LogP contribution in [0.2, 0.25) is 0 Å². The topological polar surface area (TPSA) is 86.3 Å². The predicted molar refractivity (Wildman–Crippen MR) is 103 cm³/mol. The van der Waals surface area contributed by atoms with Crippen molar-refractivity contribution in [3.05, 3.63) is 0 Å². The molecule has 138 valence electrons. The number of carbonyl (C=O) groups is 2. The van der Waals surface area contributed by atoms with Gasteiger partial charge >= 0.3 is 6.03 Å². The minimum absolute atomic E-state index is 0. The lowest BCUT2D eigenvalue weighted by atomic mass is 10.1. The molecule has 0 aromatic rings. The summed E-state index contributed by atoms with van der Waals surface area (Å²) in [6, 6.07) is -0.326. The number of hydrogen-bond acceptors (Lipinski definition) is 4. The van der Waals surface area contributed by atoms with E-state index in [4.69, 9.17) is 4.74 Å². The predicted octanol–water partition coefficient (Wildman–Crippen LogP) is 0.480. The number of amides is 3. The second kappa shape index (κ2) is 10.7. The molecule has 2 heterocycles. The van der Waals surface area contributed by atoms with E-state index in [1.165, 1.54) is 4.90 Å². The van der Waals surface area contributed by atoms with E-state index in [2.05, 4.69) is 20.5 Å². The monoisotopic (exact) mass is 453 g/mol. The van der Waals surface area contributed by atoms with Crippen molar-refractivity contribution < 1.29 is 14.3 Å². The van der Waals surface area contributed by atoms with Crippen molar-refractivity contribution in [3.8, 4) is 0 Å². The molecule has 0 bridgehead atoms. The second-order valence-electron chi connectivity index (χ2n) is 5.70. The van der Waals surface area contributed by atoms with Crippen LogP contribution in [0.25, 0.3) is 0 Å². The molecule has 8 nitrogen and oxygen atoms in total. The largest absolute Gasteiger partial charge is 0.381 e. The zero-order valence-electron chi connectivity index (χ0n) is 14.4. The molecule has 0 saturated carbocycles. The molecule has 2 rings (SSSR count). The van der Waals surface area contributed by atoms with Gasteiger partial charge < -0.3 is 20.3 Å². The summed E-state index contributed by atoms with van der Waals surface area (Å²) in [7, 11) is 0. The number of carbonyl (C=O) groups excluding carboxylic acids is 2. The SMILES string of the molecule is CCNC(=NCCN1C(=O)CNC1=O)N1CCC(COCC)C1.I. The fourth-order valence-electron chi connectivity index (χ4n) is 2.81. The maximum Gasteiger partial charge on any atom is 0.324 e. The van der Waals surface area contributed by atoms with Crippen molar-refractivity contribution in [2.24, 2.45) is 10.9 Å². The fraction of sp³-hybridized carbons (Fsp3) is 0.800. The Morgan fingerprint density at radius 2 is 2.21 bits per heavy atom. The van der Waals surface area contributed by atoms with Gasteiger partial charge in [0.2, 0.25) is 5.91 Å². The maximum atomic E-state index is 11.5. The lowest BCUT2D eigenvalue weighted by Gasteiger charge is -2.22. The highest BCUT2D eigenvalue weighted by Crippen LogP contribution is 2.16. The summed E-state index contributed by atoms with van der Waals surface area (Å²) in [4.78, 5) is 31.0. The quantitative estimate of drug-likeness (QED) is 0.254. The van der Waals surface area contributed by atoms with E-state index in [1.54, 1.807) is 0 Å². The van der Waals surface area contributed by atoms with Crippen molar-refractivity contribution in [2.45, 2.75) is 20.3 Å². The molecule has 2 aliphatic heterocycles. The van der Waals surface area contributed by atoms with E-state index < -0.39 is 0 Å². The van der Waals surface area contributed by atoms with E-state index in [0.717, 1.165) is 45.2 Å². The van der Waals surface area contributed by atoms with Crippen molar-refractivity contribution in [1.29, 1.82) is 0 Å². The van der Waals surface area contributed by atoms with Crippen molar-refractivity contribution in [3.63, 3.8) is 0 Å². The maximum absolute atomic E-state index is 11.5. The summed E-state index contributed by atoms with van der Waals surface area (Å²) in [5.74, 6) is 1.19. The highest BCUT2D eigenvalue weighted by atomic mass is 127. The number of aliphatic imine (C=N–C) groups is 1. The summed E-state index contributed by atoms with van der Waals surface area (Å²) in [5.41, 5.74) is 0. The van der Waals surface area contributed by atoms with Gasteiger partial charge in [0.1, 0.15) is 0 Å². The van der Waals surface area contributed by atoms with Crippen LogP contribution in [0, 0.1) is 5.92 Å². The van der Waals surface area contributed by atoms with Gasteiger partial charge in [0.15, 0.2) is 5.96 Å². The smallest absolute Gasteiger partial charge is 0.324 e. The van der Waals surface area contributed by atoms with Crippen molar-refractivity contribution in [2.75, 3.05) is 52.5 Å². The first-order valence-electron chi connectivity index (χ1n) is 8.34. The third-order valence-electron chi connectivity index (χ3n) is 4.00. The van der Waals surface area contributed by atoms with Gasteiger partial charge in [0, 0.05) is 32.2 Å². The molecule has 0 radical (unpaired) electrons. The molecular formula is C15H28IN5O3. The summed E-state index contributed by atoms with van der Waals surface area (Å²) in [6.07, 6.45) is 1.09. The standard InChI is InChI=1S/C15H27N5O3.HI/c1-3-16-14(19-7-5-12(10-19)11-23-4-2)17-6-8-20-13(21)9-18-15(20)22;/h12H,3-11H2,1-2H3,(H,16,17)(H,18,22);1H. The molecular weight excluding hydrogens is 425 g/mol. The van der Waals surface area contributed by atoms with Crippen LogP contribution in [-0.2, 0) is 9.53 Å². The molecule has 2 N–H and O–H groups in total. The number of halogens is 1. The summed E-state index contributed by atoms with van der Waals surface area (Å²) in [5, 5.41) is 5.79. The average molecular weight is 453 g/mol. The van der Waals surface area contributed by atoms with E-state index >= 15 is 0 Å². The Morgan fingerprint density at radius 3 is 2.83 bits per heavy atom. The normalized spacial score (nSPS) is 21.1. The zero-order valence-corrected chi connectivity index (χ0v) is 16.7. The molecule has 1 atom stereocenters. The number of likely N-dealkylation sites (tertiary alicyclic amines) is 1. The summed E-state index contributed by atoms with van der Waals surface area (Å²) >= 11 is 0. The third-order valence-corrected chi connectivity index (χ3v) is 4.00. The van der Waals surface area contributed by atoms with Gasteiger partial charge in [-0.25, -0.2) is 4.79 Å². The minimum Gasteiger partial charge on any atom is -0.381 e. The highest BCUT2D eigenvalue weighted by Gasteiger charge is 2.28. The Morgan fingerprint density at radius 1 is 1.42 bits per heavy atom. The van der Waals surface area contributed by atoms with Gasteiger partial charge in [0.05, 0.1) is 26.2 Å². The number of guanidine groups is 1. The van der Waals surface area contributed by atoms with Crippen LogP contribution in [0.5, 0.6) is 0 Å². The first-order valence-corrected chi connectivity index (χ1v) is 8.34. The number of urea groups is 1. The van der Waals surface area contributed by atoms with Crippen LogP contribution in [0.1, 0.15) is 20.3 Å². The summed E-state index contributed by atoms with van der Waals surface area (Å²) in [6.45, 7) is 9.05. The minimum atomic E-state index is -0.326. The van der Waals surface area contributed by atoms with Gasteiger partial charge in [-0.15, -0.1) is 24.0 Å². The van der Waals surface area contributed by atoms with Gasteiger partial charge in [-0.05, 0) is 20.3 Å². The Kier molecular flexibility index (Phi) is 9.34. The molecule has 9 heteroatoms. The molecule has 2 aliphatic rings. The Balaban J connectivity index is 0.00000288. The Bertz CT molecular complexity index is 444. The van der Waals surface area contributed by atoms with Crippen molar-refractivity contribution >= 4 is 41.9 Å². The molecule has 2 saturated heterocycles. The number of imide groups is 1. The van der Waals surface area contributed by atoms with Crippen LogP contribution >= 0.6 is 24.0 Å². The van der Waals surface area contributed by atoms with Crippen LogP contribution in [0.15, 0.2) is 4.99 Å². The van der Waals surface area contributed by atoms with Crippen LogP contribution in [-0.4, -0.2) is 80.2 Å². The van der Waals surface area contributed by atoms with Gasteiger partial charge in [-0.1, -0.05) is 0 Å². The molecule has 2 fully saturated rings. The molecule has 0 aromatic carbocycles. The van der Waals surface area contributed by atoms with Crippen LogP contribution in [0.4, 0.5) is 4.79 Å². The van der Waals surface area contributed by atoms with E-state index in [9.17, 15) is 9.59 Å². The zero-order chi connectivity index (χ0) is 16.7. The van der Waals surface area contributed by atoms with E-state index in [1.807, 2.05) is 13.8 Å². The molecule has 0 aromatic heterocycles. The lowest BCUT2D eigenvalue weighted by Crippen LogP contribution is -2.41. The number of hydrogen-bond donors (Lipinski definition) is 2. The summed E-state index contributed by atoms with van der Waals surface area (Å²) < 4.78 is 5.50. The van der Waals surface area contributed by atoms with Gasteiger partial charge in [-0.3, -0.25) is 14.7 Å². The van der Waals surface area contributed by atoms with E-state index in [0.29, 0.717) is 19.0 Å². The van der Waals surface area contributed by atoms with Gasteiger partial charge in [-0.2, -0.15) is 0 Å². The lowest BCUT2D eigenvalue weighted by molar-refractivity contribution is -0.124. The fourth-order valence-corrected chi connectivity index (χ4v) is 2.81. The Labute approximate surface area is 160 Å². The number of nitrogens with zero attached hydrogens (tertiary/aromatic N) is 3. The second-order valence-corrected chi connectivity index (χ2v) is 5.70. The Hall–Kier alpha value is -1.10. The average Bonchev–Trinajstić information content (AvgIpc) is 3.13. The number of ether oxygens (including phenoxy) is 1. The van der Waals surface area contributed by atoms with Crippen molar-refractivity contribution in [1.82, 2.24) is 20.4 Å². The molecule has 1 unspecified atom stereocenters. The molecule has 0 spiro atoms. The van der Waals surface area contributed by atoms with Gasteiger partial charge in [0.25, 0.3) is 0 Å². The van der Waals surface area contributed by atoms with Crippen LogP contribution < -0.4 is 10.6 Å². The third kappa shape index (κ3) is 5.76. The number of nitrogens with one attached hydrogen (secondary N) is 2. The first kappa shape index (κ1) is 20.9. The first-order chi connectivity index (χ1) is 11.2. The number of rotatable bonds is 7.